The van der Waals surface area contributed by atoms with E-state index in [0.717, 1.165) is 30.9 Å². The second-order valence-electron chi connectivity index (χ2n) is 6.73. The van der Waals surface area contributed by atoms with E-state index in [1.54, 1.807) is 0 Å². The standard InChI is InChI=1S/C16H26N4O3/c1-16(2,3)23-15(22)17-8-4-7-14(21)19-11-12-10-18-13-6-5-9-20(12)13/h10H,4-9,11H2,1-3H3,(H,17,22)(H,19,21). The first kappa shape index (κ1) is 17.3. The molecule has 1 aliphatic rings. The maximum atomic E-state index is 11.8. The molecule has 0 bridgehead atoms. The molecule has 1 aromatic rings. The molecule has 2 N–H and O–H groups in total. The summed E-state index contributed by atoms with van der Waals surface area (Å²) >= 11 is 0. The summed E-state index contributed by atoms with van der Waals surface area (Å²) in [6, 6.07) is 0. The van der Waals surface area contributed by atoms with Crippen LogP contribution in [0.3, 0.4) is 0 Å². The molecule has 0 saturated carbocycles. The lowest BCUT2D eigenvalue weighted by Crippen LogP contribution is -2.33. The molecule has 23 heavy (non-hydrogen) atoms. The van der Waals surface area contributed by atoms with Crippen molar-refractivity contribution in [2.75, 3.05) is 6.54 Å². The Labute approximate surface area is 136 Å². The van der Waals surface area contributed by atoms with Crippen LogP contribution in [0.1, 0.15) is 51.6 Å². The van der Waals surface area contributed by atoms with Crippen molar-refractivity contribution in [2.24, 2.45) is 0 Å². The normalized spacial score (nSPS) is 13.5. The molecule has 1 aliphatic heterocycles. The van der Waals surface area contributed by atoms with E-state index in [1.807, 2.05) is 27.0 Å². The molecule has 1 aromatic heterocycles. The number of rotatable bonds is 6. The zero-order chi connectivity index (χ0) is 16.9. The first-order chi connectivity index (χ1) is 10.8. The topological polar surface area (TPSA) is 85.2 Å². The van der Waals surface area contributed by atoms with Crippen LogP contribution in [0.2, 0.25) is 0 Å². The van der Waals surface area contributed by atoms with Crippen LogP contribution >= 0.6 is 0 Å². The molecule has 2 amide bonds. The number of imidazole rings is 1. The first-order valence-corrected chi connectivity index (χ1v) is 8.12. The molecule has 0 atom stereocenters. The van der Waals surface area contributed by atoms with E-state index in [9.17, 15) is 9.59 Å². The van der Waals surface area contributed by atoms with Crippen LogP contribution in [0.25, 0.3) is 0 Å². The maximum absolute atomic E-state index is 11.8. The van der Waals surface area contributed by atoms with Gasteiger partial charge in [0.15, 0.2) is 0 Å². The molecule has 2 rings (SSSR count). The van der Waals surface area contributed by atoms with E-state index in [1.165, 1.54) is 0 Å². The van der Waals surface area contributed by atoms with Gasteiger partial charge in [0.1, 0.15) is 11.4 Å². The number of nitrogens with zero attached hydrogens (tertiary/aromatic N) is 2. The summed E-state index contributed by atoms with van der Waals surface area (Å²) < 4.78 is 7.29. The van der Waals surface area contributed by atoms with Crippen LogP contribution in [0.4, 0.5) is 4.79 Å². The number of aryl methyl sites for hydroxylation is 1. The number of aromatic nitrogens is 2. The highest BCUT2D eigenvalue weighted by atomic mass is 16.6. The number of ether oxygens (including phenoxy) is 1. The SMILES string of the molecule is CC(C)(C)OC(=O)NCCCC(=O)NCc1cnc2n1CCC2. The number of alkyl carbamates (subject to hydrolysis) is 1. The van der Waals surface area contributed by atoms with Crippen molar-refractivity contribution in [3.8, 4) is 0 Å². The average molecular weight is 322 g/mol. The van der Waals surface area contributed by atoms with Crippen LogP contribution in [0, 0.1) is 0 Å². The molecule has 0 aliphatic carbocycles. The summed E-state index contributed by atoms with van der Waals surface area (Å²) in [4.78, 5) is 27.6. The zero-order valence-electron chi connectivity index (χ0n) is 14.1. The number of hydrogen-bond donors (Lipinski definition) is 2. The Morgan fingerprint density at radius 1 is 1.35 bits per heavy atom. The second kappa shape index (κ2) is 7.48. The van der Waals surface area contributed by atoms with E-state index in [-0.39, 0.29) is 5.91 Å². The van der Waals surface area contributed by atoms with Crippen molar-refractivity contribution in [3.63, 3.8) is 0 Å². The highest BCUT2D eigenvalue weighted by Crippen LogP contribution is 2.15. The molecule has 0 unspecified atom stereocenters. The Bertz CT molecular complexity index is 560. The third-order valence-electron chi connectivity index (χ3n) is 3.52. The van der Waals surface area contributed by atoms with Crippen LogP contribution < -0.4 is 10.6 Å². The zero-order valence-corrected chi connectivity index (χ0v) is 14.1. The van der Waals surface area contributed by atoms with Crippen molar-refractivity contribution >= 4 is 12.0 Å². The lowest BCUT2D eigenvalue weighted by atomic mass is 10.2. The van der Waals surface area contributed by atoms with Gasteiger partial charge in [-0.3, -0.25) is 4.79 Å². The summed E-state index contributed by atoms with van der Waals surface area (Å²) in [5.41, 5.74) is 0.546. The van der Waals surface area contributed by atoms with Gasteiger partial charge in [-0.05, 0) is 33.6 Å². The summed E-state index contributed by atoms with van der Waals surface area (Å²) in [6.45, 7) is 7.35. The van der Waals surface area contributed by atoms with Gasteiger partial charge in [-0.2, -0.15) is 0 Å². The van der Waals surface area contributed by atoms with Gasteiger partial charge in [0.2, 0.25) is 5.91 Å². The molecule has 7 nitrogen and oxygen atoms in total. The predicted octanol–water partition coefficient (Wildman–Crippen LogP) is 1.75. The molecule has 128 valence electrons. The Morgan fingerprint density at radius 3 is 2.87 bits per heavy atom. The predicted molar refractivity (Wildman–Crippen MR) is 85.9 cm³/mol. The Balaban J connectivity index is 1.59. The highest BCUT2D eigenvalue weighted by molar-refractivity contribution is 5.75. The van der Waals surface area contributed by atoms with E-state index < -0.39 is 11.7 Å². The average Bonchev–Trinajstić information content (AvgIpc) is 3.03. The highest BCUT2D eigenvalue weighted by Gasteiger charge is 2.16. The summed E-state index contributed by atoms with van der Waals surface area (Å²) in [5, 5.41) is 5.54. The second-order valence-corrected chi connectivity index (χ2v) is 6.73. The fraction of sp³-hybridized carbons (Fsp3) is 0.688. The summed E-state index contributed by atoms with van der Waals surface area (Å²) in [6.07, 6.45) is 4.48. The molecule has 0 aromatic carbocycles. The van der Waals surface area contributed by atoms with Crippen molar-refractivity contribution in [3.05, 3.63) is 17.7 Å². The monoisotopic (exact) mass is 322 g/mol. The molecular formula is C16H26N4O3. The van der Waals surface area contributed by atoms with Crippen molar-refractivity contribution in [2.45, 2.75) is 65.1 Å². The van der Waals surface area contributed by atoms with Gasteiger partial charge in [0.05, 0.1) is 18.4 Å². The Kier molecular flexibility index (Phi) is 5.63. The lowest BCUT2D eigenvalue weighted by molar-refractivity contribution is -0.121. The number of amides is 2. The number of nitrogens with one attached hydrogen (secondary N) is 2. The smallest absolute Gasteiger partial charge is 0.407 e. The summed E-state index contributed by atoms with van der Waals surface area (Å²) in [5.74, 6) is 1.08. The van der Waals surface area contributed by atoms with Crippen molar-refractivity contribution in [1.82, 2.24) is 20.2 Å². The van der Waals surface area contributed by atoms with Gasteiger partial charge in [-0.15, -0.1) is 0 Å². The molecule has 7 heteroatoms. The minimum Gasteiger partial charge on any atom is -0.444 e. The Hall–Kier alpha value is -2.05. The lowest BCUT2D eigenvalue weighted by Gasteiger charge is -2.19. The van der Waals surface area contributed by atoms with Crippen molar-refractivity contribution < 1.29 is 14.3 Å². The van der Waals surface area contributed by atoms with E-state index in [0.29, 0.717) is 25.9 Å². The molecule has 0 fully saturated rings. The van der Waals surface area contributed by atoms with Crippen molar-refractivity contribution in [1.29, 1.82) is 0 Å². The van der Waals surface area contributed by atoms with Gasteiger partial charge in [-0.1, -0.05) is 0 Å². The van der Waals surface area contributed by atoms with Gasteiger partial charge in [0, 0.05) is 25.9 Å². The van der Waals surface area contributed by atoms with Gasteiger partial charge >= 0.3 is 6.09 Å². The van der Waals surface area contributed by atoms with E-state index in [4.69, 9.17) is 4.74 Å². The van der Waals surface area contributed by atoms with Gasteiger partial charge < -0.3 is 19.9 Å². The van der Waals surface area contributed by atoms with Crippen LogP contribution in [0.15, 0.2) is 6.20 Å². The van der Waals surface area contributed by atoms with Gasteiger partial charge in [-0.25, -0.2) is 9.78 Å². The minimum atomic E-state index is -0.507. The quantitative estimate of drug-likeness (QED) is 0.781. The van der Waals surface area contributed by atoms with Crippen LogP contribution in [-0.2, 0) is 29.0 Å². The largest absolute Gasteiger partial charge is 0.444 e. The molecule has 0 radical (unpaired) electrons. The van der Waals surface area contributed by atoms with E-state index in [2.05, 4.69) is 20.2 Å². The van der Waals surface area contributed by atoms with E-state index >= 15 is 0 Å². The fourth-order valence-corrected chi connectivity index (χ4v) is 2.49. The molecule has 0 saturated heterocycles. The number of hydrogen-bond acceptors (Lipinski definition) is 4. The fourth-order valence-electron chi connectivity index (χ4n) is 2.49. The number of carbonyl (C=O) groups excluding carboxylic acids is 2. The first-order valence-electron chi connectivity index (χ1n) is 8.12. The van der Waals surface area contributed by atoms with Crippen LogP contribution in [0.5, 0.6) is 0 Å². The molecule has 2 heterocycles. The van der Waals surface area contributed by atoms with Crippen LogP contribution in [-0.4, -0.2) is 33.7 Å². The van der Waals surface area contributed by atoms with Gasteiger partial charge in [0.25, 0.3) is 0 Å². The summed E-state index contributed by atoms with van der Waals surface area (Å²) in [7, 11) is 0. The molecular weight excluding hydrogens is 296 g/mol. The third kappa shape index (κ3) is 5.58. The molecule has 0 spiro atoms. The third-order valence-corrected chi connectivity index (χ3v) is 3.52. The number of fused-ring (bicyclic) bond motifs is 1. The minimum absolute atomic E-state index is 0.0236. The Morgan fingerprint density at radius 2 is 2.13 bits per heavy atom. The number of carbonyl (C=O) groups is 2. The maximum Gasteiger partial charge on any atom is 0.407 e.